The quantitative estimate of drug-likeness (QED) is 0.499. The summed E-state index contributed by atoms with van der Waals surface area (Å²) in [6.45, 7) is 4.79. The third kappa shape index (κ3) is 1.64. The van der Waals surface area contributed by atoms with Crippen molar-refractivity contribution in [1.82, 2.24) is 0 Å². The van der Waals surface area contributed by atoms with Gasteiger partial charge in [-0.15, -0.1) is 0 Å². The van der Waals surface area contributed by atoms with Crippen molar-refractivity contribution >= 4 is 0 Å². The summed E-state index contributed by atoms with van der Waals surface area (Å²) in [6.07, 6.45) is 13.0. The molecule has 6 atom stereocenters. The molecule has 0 amide bonds. The molecule has 4 rings (SSSR count). The molecule has 0 spiro atoms. The molecule has 0 heterocycles. The normalized spacial score (nSPS) is 54.6. The van der Waals surface area contributed by atoms with Gasteiger partial charge < -0.3 is 0 Å². The molecule has 0 aromatic carbocycles. The molecule has 1 unspecified atom stereocenters. The first-order valence-electron chi connectivity index (χ1n) is 8.88. The van der Waals surface area contributed by atoms with Gasteiger partial charge in [0, 0.05) is 5.92 Å². The lowest BCUT2D eigenvalue weighted by Crippen LogP contribution is -2.54. The van der Waals surface area contributed by atoms with Gasteiger partial charge in [0.05, 0.1) is 0 Å². The fourth-order valence-electron chi connectivity index (χ4n) is 6.82. The van der Waals surface area contributed by atoms with Crippen LogP contribution >= 0.6 is 0 Å². The lowest BCUT2D eigenvalue weighted by Gasteiger charge is -2.58. The van der Waals surface area contributed by atoms with E-state index in [-0.39, 0.29) is 5.41 Å². The third-order valence-corrected chi connectivity index (χ3v) is 7.69. The van der Waals surface area contributed by atoms with Gasteiger partial charge in [-0.2, -0.15) is 0 Å². The summed E-state index contributed by atoms with van der Waals surface area (Å²) in [5, 5.41) is 0. The zero-order valence-corrected chi connectivity index (χ0v) is 13.1. The SMILES string of the molecule is C[C@@]12CCC[C@H]1[C@@H]1CCC3=CCCC[C@]3(C)[C@H]1C(F)C2. The summed E-state index contributed by atoms with van der Waals surface area (Å²) in [4.78, 5) is 0. The maximum absolute atomic E-state index is 15.2. The fourth-order valence-corrected chi connectivity index (χ4v) is 6.82. The van der Waals surface area contributed by atoms with Crippen molar-refractivity contribution in [2.75, 3.05) is 0 Å². The number of rotatable bonds is 0. The van der Waals surface area contributed by atoms with Crippen molar-refractivity contribution in [3.05, 3.63) is 11.6 Å². The van der Waals surface area contributed by atoms with Crippen molar-refractivity contribution in [2.45, 2.75) is 77.8 Å². The first kappa shape index (κ1) is 13.3. The number of alkyl halides is 1. The molecule has 3 fully saturated rings. The molecule has 0 aromatic rings. The number of fused-ring (bicyclic) bond motifs is 5. The lowest BCUT2D eigenvalue weighted by molar-refractivity contribution is -0.0878. The van der Waals surface area contributed by atoms with Crippen LogP contribution in [0.15, 0.2) is 11.6 Å². The van der Waals surface area contributed by atoms with Gasteiger partial charge in [-0.3, -0.25) is 0 Å². The van der Waals surface area contributed by atoms with Gasteiger partial charge in [0.15, 0.2) is 0 Å². The Balaban J connectivity index is 1.74. The highest BCUT2D eigenvalue weighted by molar-refractivity contribution is 5.24. The molecule has 0 nitrogen and oxygen atoms in total. The van der Waals surface area contributed by atoms with E-state index in [9.17, 15) is 0 Å². The van der Waals surface area contributed by atoms with Gasteiger partial charge >= 0.3 is 0 Å². The minimum absolute atomic E-state index is 0.199. The Labute approximate surface area is 123 Å². The van der Waals surface area contributed by atoms with Gasteiger partial charge in [0.25, 0.3) is 0 Å². The summed E-state index contributed by atoms with van der Waals surface area (Å²) in [5.74, 6) is 1.82. The van der Waals surface area contributed by atoms with Crippen LogP contribution < -0.4 is 0 Å². The molecule has 20 heavy (non-hydrogen) atoms. The minimum atomic E-state index is -0.550. The largest absolute Gasteiger partial charge is 0.247 e. The van der Waals surface area contributed by atoms with Gasteiger partial charge in [-0.25, -0.2) is 4.39 Å². The summed E-state index contributed by atoms with van der Waals surface area (Å²) in [6, 6.07) is 0. The Morgan fingerprint density at radius 2 is 2.00 bits per heavy atom. The monoisotopic (exact) mass is 276 g/mol. The van der Waals surface area contributed by atoms with E-state index >= 15 is 4.39 Å². The zero-order chi connectivity index (χ0) is 14.0. The maximum atomic E-state index is 15.2. The summed E-state index contributed by atoms with van der Waals surface area (Å²) in [7, 11) is 0. The molecule has 4 aliphatic rings. The summed E-state index contributed by atoms with van der Waals surface area (Å²) < 4.78 is 15.2. The maximum Gasteiger partial charge on any atom is 0.105 e. The number of halogens is 1. The van der Waals surface area contributed by atoms with Crippen LogP contribution in [-0.2, 0) is 0 Å². The van der Waals surface area contributed by atoms with Crippen LogP contribution in [-0.4, -0.2) is 6.17 Å². The molecule has 0 bridgehead atoms. The molecule has 0 aromatic heterocycles. The van der Waals surface area contributed by atoms with E-state index in [2.05, 4.69) is 19.9 Å². The Morgan fingerprint density at radius 3 is 2.85 bits per heavy atom. The standard InChI is InChI=1S/C19H29F/c1-18-10-5-7-15(18)14-9-8-13-6-3-4-11-19(13,2)17(14)16(20)12-18/h6,14-17H,3-5,7-12H2,1-2H3/t14-,15-,16?,17+,18-,19-/m0/s1. The van der Waals surface area contributed by atoms with Gasteiger partial charge in [0.2, 0.25) is 0 Å². The van der Waals surface area contributed by atoms with Gasteiger partial charge in [-0.05, 0) is 74.0 Å². The topological polar surface area (TPSA) is 0 Å². The summed E-state index contributed by atoms with van der Waals surface area (Å²) >= 11 is 0. The predicted octanol–water partition coefficient (Wildman–Crippen LogP) is 5.68. The first-order valence-corrected chi connectivity index (χ1v) is 8.88. The second-order valence-corrected chi connectivity index (χ2v) is 8.64. The van der Waals surface area contributed by atoms with E-state index in [1.54, 1.807) is 5.57 Å². The highest BCUT2D eigenvalue weighted by Crippen LogP contribution is 2.65. The second-order valence-electron chi connectivity index (χ2n) is 8.64. The smallest absolute Gasteiger partial charge is 0.105 e. The highest BCUT2D eigenvalue weighted by Gasteiger charge is 2.59. The summed E-state index contributed by atoms with van der Waals surface area (Å²) in [5.41, 5.74) is 2.14. The second kappa shape index (κ2) is 4.34. The Morgan fingerprint density at radius 1 is 1.15 bits per heavy atom. The Kier molecular flexibility index (Phi) is 2.89. The van der Waals surface area contributed by atoms with Crippen molar-refractivity contribution < 1.29 is 4.39 Å². The number of hydrogen-bond donors (Lipinski definition) is 0. The lowest BCUT2D eigenvalue weighted by atomic mass is 9.47. The molecule has 1 heteroatoms. The average Bonchev–Trinajstić information content (AvgIpc) is 2.78. The van der Waals surface area contributed by atoms with Crippen LogP contribution in [0.25, 0.3) is 0 Å². The molecule has 3 saturated carbocycles. The Bertz CT molecular complexity index is 439. The molecule has 0 radical (unpaired) electrons. The molecule has 4 aliphatic carbocycles. The molecular formula is C19H29F. The number of allylic oxidation sites excluding steroid dienone is 2. The van der Waals surface area contributed by atoms with Crippen molar-refractivity contribution in [3.8, 4) is 0 Å². The van der Waals surface area contributed by atoms with Crippen LogP contribution in [0.3, 0.4) is 0 Å². The van der Waals surface area contributed by atoms with Crippen molar-refractivity contribution in [3.63, 3.8) is 0 Å². The number of hydrogen-bond acceptors (Lipinski definition) is 0. The third-order valence-electron chi connectivity index (χ3n) is 7.69. The predicted molar refractivity (Wildman–Crippen MR) is 81.2 cm³/mol. The Hall–Kier alpha value is -0.330. The van der Waals surface area contributed by atoms with Crippen LogP contribution in [0.2, 0.25) is 0 Å². The van der Waals surface area contributed by atoms with E-state index in [1.807, 2.05) is 0 Å². The first-order chi connectivity index (χ1) is 9.55. The van der Waals surface area contributed by atoms with E-state index in [4.69, 9.17) is 0 Å². The van der Waals surface area contributed by atoms with Gasteiger partial charge in [0.1, 0.15) is 6.17 Å². The average molecular weight is 276 g/mol. The van der Waals surface area contributed by atoms with Crippen LogP contribution in [0.4, 0.5) is 4.39 Å². The van der Waals surface area contributed by atoms with E-state index < -0.39 is 6.17 Å². The molecule has 112 valence electrons. The molecule has 0 aliphatic heterocycles. The van der Waals surface area contributed by atoms with E-state index in [0.717, 1.165) is 12.3 Å². The molecular weight excluding hydrogens is 247 g/mol. The van der Waals surface area contributed by atoms with Crippen LogP contribution in [0, 0.1) is 28.6 Å². The molecule has 0 N–H and O–H groups in total. The van der Waals surface area contributed by atoms with Crippen LogP contribution in [0.1, 0.15) is 71.6 Å². The van der Waals surface area contributed by atoms with E-state index in [0.29, 0.717) is 17.3 Å². The minimum Gasteiger partial charge on any atom is -0.247 e. The van der Waals surface area contributed by atoms with Gasteiger partial charge in [-0.1, -0.05) is 31.9 Å². The van der Waals surface area contributed by atoms with Crippen molar-refractivity contribution in [2.24, 2.45) is 28.6 Å². The van der Waals surface area contributed by atoms with E-state index in [1.165, 1.54) is 51.4 Å². The highest BCUT2D eigenvalue weighted by atomic mass is 19.1. The molecule has 0 saturated heterocycles. The van der Waals surface area contributed by atoms with Crippen LogP contribution in [0.5, 0.6) is 0 Å². The van der Waals surface area contributed by atoms with Crippen molar-refractivity contribution in [1.29, 1.82) is 0 Å². The zero-order valence-electron chi connectivity index (χ0n) is 13.1. The fraction of sp³-hybridized carbons (Fsp3) is 0.895.